The number of hydrogen-bond acceptors (Lipinski definition) is 5. The van der Waals surface area contributed by atoms with Crippen molar-refractivity contribution in [3.8, 4) is 28.4 Å². The number of hydrogen-bond donors (Lipinski definition) is 0. The molecule has 0 spiro atoms. The number of methoxy groups -OCH3 is 2. The van der Waals surface area contributed by atoms with Gasteiger partial charge in [0.15, 0.2) is 0 Å². The summed E-state index contributed by atoms with van der Waals surface area (Å²) in [7, 11) is 3.02. The van der Waals surface area contributed by atoms with Gasteiger partial charge in [-0.25, -0.2) is 4.39 Å². The van der Waals surface area contributed by atoms with Gasteiger partial charge in [0.1, 0.15) is 29.7 Å². The second-order valence-corrected chi connectivity index (χ2v) is 9.73. The summed E-state index contributed by atoms with van der Waals surface area (Å²) in [5.74, 6) is 1.65. The minimum atomic E-state index is -0.279. The molecule has 0 aromatic heterocycles. The highest BCUT2D eigenvalue weighted by Crippen LogP contribution is 2.37. The highest BCUT2D eigenvalue weighted by molar-refractivity contribution is 5.73. The maximum absolute atomic E-state index is 13.7. The Balaban J connectivity index is 1.50. The Kier molecular flexibility index (Phi) is 11.2. The molecule has 0 unspecified atom stereocenters. The normalized spacial score (nSPS) is 11.0. The summed E-state index contributed by atoms with van der Waals surface area (Å²) < 4.78 is 36.5. The summed E-state index contributed by atoms with van der Waals surface area (Å²) in [5.41, 5.74) is 5.83. The summed E-state index contributed by atoms with van der Waals surface area (Å²) in [6, 6.07) is 26.3. The molecule has 6 heteroatoms. The van der Waals surface area contributed by atoms with Gasteiger partial charge in [-0.15, -0.1) is 0 Å². The minimum Gasteiger partial charge on any atom is -0.496 e. The second kappa shape index (κ2) is 15.4. The topological polar surface area (TPSA) is 54.0 Å². The van der Waals surface area contributed by atoms with Crippen molar-refractivity contribution in [1.29, 1.82) is 0 Å². The summed E-state index contributed by atoms with van der Waals surface area (Å²) in [6.07, 6.45) is 6.34. The van der Waals surface area contributed by atoms with E-state index >= 15 is 0 Å². The highest BCUT2D eigenvalue weighted by Gasteiger charge is 2.14. The summed E-state index contributed by atoms with van der Waals surface area (Å²) in [4.78, 5) is 11.7. The minimum absolute atomic E-state index is 0.256. The average molecular weight is 569 g/mol. The van der Waals surface area contributed by atoms with Gasteiger partial charge in [0.05, 0.1) is 20.8 Å². The molecule has 0 saturated heterocycles. The number of aryl methyl sites for hydroxylation is 1. The molecule has 0 bridgehead atoms. The molecule has 0 aliphatic rings. The third-order valence-corrected chi connectivity index (χ3v) is 6.97. The zero-order valence-corrected chi connectivity index (χ0v) is 24.4. The molecule has 218 valence electrons. The van der Waals surface area contributed by atoms with Gasteiger partial charge in [-0.05, 0) is 65.8 Å². The molecule has 0 aliphatic carbocycles. The largest absolute Gasteiger partial charge is 0.496 e. The number of rotatable bonds is 14. The third kappa shape index (κ3) is 8.23. The molecule has 0 aliphatic heterocycles. The number of halogens is 1. The Hall–Kier alpha value is -4.58. The first-order chi connectivity index (χ1) is 20.5. The van der Waals surface area contributed by atoms with Gasteiger partial charge in [-0.1, -0.05) is 73.7 Å². The Morgan fingerprint density at radius 3 is 2.36 bits per heavy atom. The summed E-state index contributed by atoms with van der Waals surface area (Å²) >= 11 is 0. The first kappa shape index (κ1) is 30.4. The van der Waals surface area contributed by atoms with E-state index in [0.717, 1.165) is 51.3 Å². The van der Waals surface area contributed by atoms with Gasteiger partial charge >= 0.3 is 5.97 Å². The smallest absolute Gasteiger partial charge is 0.305 e. The zero-order valence-electron chi connectivity index (χ0n) is 24.4. The second-order valence-electron chi connectivity index (χ2n) is 9.73. The van der Waals surface area contributed by atoms with Gasteiger partial charge in [-0.2, -0.15) is 0 Å². The Morgan fingerprint density at radius 2 is 1.64 bits per heavy atom. The van der Waals surface area contributed by atoms with Crippen LogP contribution in [0.3, 0.4) is 0 Å². The van der Waals surface area contributed by atoms with Crippen LogP contribution in [-0.4, -0.2) is 26.8 Å². The lowest BCUT2D eigenvalue weighted by Gasteiger charge is -2.17. The van der Waals surface area contributed by atoms with E-state index < -0.39 is 0 Å². The fraction of sp³-hybridized carbons (Fsp3) is 0.250. The average Bonchev–Trinajstić information content (AvgIpc) is 3.03. The maximum Gasteiger partial charge on any atom is 0.305 e. The molecule has 4 aromatic rings. The molecular formula is C36H37FO5. The van der Waals surface area contributed by atoms with Crippen molar-refractivity contribution in [1.82, 2.24) is 0 Å². The van der Waals surface area contributed by atoms with E-state index in [1.54, 1.807) is 19.2 Å². The number of benzene rings is 4. The van der Waals surface area contributed by atoms with Crippen LogP contribution in [0.2, 0.25) is 0 Å². The molecule has 0 heterocycles. The highest BCUT2D eigenvalue weighted by atomic mass is 19.1. The van der Waals surface area contributed by atoms with E-state index in [9.17, 15) is 9.18 Å². The van der Waals surface area contributed by atoms with Gasteiger partial charge < -0.3 is 18.9 Å². The van der Waals surface area contributed by atoms with Gasteiger partial charge in [0.2, 0.25) is 0 Å². The Morgan fingerprint density at radius 1 is 0.857 bits per heavy atom. The molecule has 0 saturated carbocycles. The van der Waals surface area contributed by atoms with Crippen LogP contribution in [-0.2, 0) is 29.0 Å². The van der Waals surface area contributed by atoms with Gasteiger partial charge in [0.25, 0.3) is 0 Å². The van der Waals surface area contributed by atoms with Crippen molar-refractivity contribution in [3.63, 3.8) is 0 Å². The van der Waals surface area contributed by atoms with Crippen molar-refractivity contribution < 1.29 is 28.1 Å². The zero-order chi connectivity index (χ0) is 29.7. The fourth-order valence-electron chi connectivity index (χ4n) is 4.70. The maximum atomic E-state index is 13.7. The summed E-state index contributed by atoms with van der Waals surface area (Å²) in [5, 5.41) is 0. The summed E-state index contributed by atoms with van der Waals surface area (Å²) in [6.45, 7) is 2.96. The number of carbonyl (C=O) groups is 1. The van der Waals surface area contributed by atoms with E-state index in [1.165, 1.54) is 19.2 Å². The van der Waals surface area contributed by atoms with Crippen molar-refractivity contribution in [3.05, 3.63) is 119 Å². The Labute approximate surface area is 247 Å². The van der Waals surface area contributed by atoms with Crippen LogP contribution in [0.4, 0.5) is 4.39 Å². The van der Waals surface area contributed by atoms with Crippen molar-refractivity contribution in [2.24, 2.45) is 0 Å². The van der Waals surface area contributed by atoms with Crippen LogP contribution in [0.1, 0.15) is 42.0 Å². The molecular weight excluding hydrogens is 531 g/mol. The number of esters is 1. The predicted octanol–water partition coefficient (Wildman–Crippen LogP) is 8.23. The first-order valence-corrected chi connectivity index (χ1v) is 14.1. The lowest BCUT2D eigenvalue weighted by atomic mass is 9.99. The van der Waals surface area contributed by atoms with Crippen LogP contribution < -0.4 is 14.2 Å². The molecule has 0 N–H and O–H groups in total. The van der Waals surface area contributed by atoms with Crippen LogP contribution in [0.15, 0.2) is 91.0 Å². The molecule has 0 fully saturated rings. The predicted molar refractivity (Wildman–Crippen MR) is 164 cm³/mol. The van der Waals surface area contributed by atoms with Crippen molar-refractivity contribution in [2.75, 3.05) is 20.8 Å². The van der Waals surface area contributed by atoms with Crippen LogP contribution in [0, 0.1) is 5.82 Å². The van der Waals surface area contributed by atoms with Gasteiger partial charge in [0, 0.05) is 23.6 Å². The molecule has 0 atom stereocenters. The van der Waals surface area contributed by atoms with E-state index in [2.05, 4.69) is 19.1 Å². The quantitative estimate of drug-likeness (QED) is 0.113. The van der Waals surface area contributed by atoms with Gasteiger partial charge in [-0.3, -0.25) is 4.79 Å². The number of carbonyl (C=O) groups excluding carboxylic acids is 1. The molecule has 0 amide bonds. The van der Waals surface area contributed by atoms with E-state index in [0.29, 0.717) is 31.8 Å². The molecule has 0 radical (unpaired) electrons. The van der Waals surface area contributed by atoms with E-state index in [4.69, 9.17) is 18.9 Å². The molecule has 5 nitrogen and oxygen atoms in total. The lowest BCUT2D eigenvalue weighted by molar-refractivity contribution is -0.140. The van der Waals surface area contributed by atoms with Crippen LogP contribution in [0.25, 0.3) is 17.2 Å². The molecule has 4 rings (SSSR count). The van der Waals surface area contributed by atoms with Crippen molar-refractivity contribution in [2.45, 2.75) is 39.2 Å². The lowest BCUT2D eigenvalue weighted by Crippen LogP contribution is -2.04. The molecule has 4 aromatic carbocycles. The first-order valence-electron chi connectivity index (χ1n) is 14.1. The van der Waals surface area contributed by atoms with Crippen molar-refractivity contribution >= 4 is 12.0 Å². The van der Waals surface area contributed by atoms with E-state index in [-0.39, 0.29) is 18.2 Å². The Bertz CT molecular complexity index is 1480. The number of ether oxygens (including phenoxy) is 4. The van der Waals surface area contributed by atoms with Crippen LogP contribution in [0.5, 0.6) is 17.2 Å². The fourth-order valence-corrected chi connectivity index (χ4v) is 4.70. The van der Waals surface area contributed by atoms with E-state index in [1.807, 2.05) is 60.7 Å². The third-order valence-electron chi connectivity index (χ3n) is 6.97. The van der Waals surface area contributed by atoms with Crippen LogP contribution >= 0.6 is 0 Å². The standard InChI is InChI=1S/C36H37FO5/c1-4-27-23-32(29-16-18-30(37)19-17-29)35(42-25-26-11-6-5-7-12-26)24-34(27)41-22-9-8-13-28-14-10-15-33(39-2)31(28)20-21-36(38)40-3/h5-8,10-19,23-24H,4,9,20-22,25H2,1-3H3. The SMILES string of the molecule is CCc1cc(-c2ccc(F)cc2)c(OCc2ccccc2)cc1OCCC=Cc1cccc(OC)c1CCC(=O)OC. The molecule has 42 heavy (non-hydrogen) atoms. The monoisotopic (exact) mass is 568 g/mol.